The van der Waals surface area contributed by atoms with Crippen LogP contribution in [0.2, 0.25) is 0 Å². The van der Waals surface area contributed by atoms with E-state index in [1.54, 1.807) is 18.2 Å². The van der Waals surface area contributed by atoms with Crippen molar-refractivity contribution in [2.24, 2.45) is 11.8 Å². The summed E-state index contributed by atoms with van der Waals surface area (Å²) in [7, 11) is -4.05. The Morgan fingerprint density at radius 1 is 1.08 bits per heavy atom. The minimum Gasteiger partial charge on any atom is -0.443 e. The van der Waals surface area contributed by atoms with E-state index in [1.165, 1.54) is 21.2 Å². The standard InChI is InChI=1S/C38H48N6O7S2/c1-25(2)20-44(23-33(45)32(18-26-6-4-3-5-7-26)42-38(46)51-34-24-50-36-30(34)13-17-49-36)53(47,48)29-8-9-31-35(19-29)52-37(41-31)40-28-12-16-43(22-28)21-27-10-14-39-15-11-27/h3-11,14-15,19,25,28,30,32-34,36,45H,12-13,16-18,20-24H2,1-2H3,(H,40,41)(H,42,46)/t28-,30-,32-,33+,34-,36+/m0/s1. The number of alkyl carbamates (subject to hydrolysis) is 1. The number of fused-ring (bicyclic) bond motifs is 2. The van der Waals surface area contributed by atoms with Gasteiger partial charge in [0, 0.05) is 51.2 Å². The number of likely N-dealkylation sites (tertiary alicyclic amines) is 1. The first-order chi connectivity index (χ1) is 25.6. The van der Waals surface area contributed by atoms with Crippen molar-refractivity contribution >= 4 is 42.8 Å². The van der Waals surface area contributed by atoms with E-state index < -0.39 is 34.4 Å². The summed E-state index contributed by atoms with van der Waals surface area (Å²) in [5.74, 6) is -0.0670. The van der Waals surface area contributed by atoms with Gasteiger partial charge in [0.15, 0.2) is 11.4 Å². The number of nitrogens with zero attached hydrogens (tertiary/aromatic N) is 4. The topological polar surface area (TPSA) is 155 Å². The van der Waals surface area contributed by atoms with E-state index in [1.807, 2.05) is 68.7 Å². The van der Waals surface area contributed by atoms with E-state index in [0.717, 1.165) is 47.9 Å². The van der Waals surface area contributed by atoms with Gasteiger partial charge in [-0.15, -0.1) is 0 Å². The van der Waals surface area contributed by atoms with E-state index in [-0.39, 0.29) is 55.2 Å². The second-order valence-corrected chi connectivity index (χ2v) is 17.5. The molecule has 13 nitrogen and oxygen atoms in total. The van der Waals surface area contributed by atoms with Gasteiger partial charge in [0.2, 0.25) is 10.0 Å². The number of hydrogen-bond acceptors (Lipinski definition) is 12. The Balaban J connectivity index is 1.04. The van der Waals surface area contributed by atoms with Crippen molar-refractivity contribution < 1.29 is 32.5 Å². The lowest BCUT2D eigenvalue weighted by molar-refractivity contribution is -0.0907. The van der Waals surface area contributed by atoms with Gasteiger partial charge in [-0.2, -0.15) is 4.31 Å². The first kappa shape index (κ1) is 37.6. The van der Waals surface area contributed by atoms with E-state index >= 15 is 0 Å². The molecule has 7 rings (SSSR count). The van der Waals surface area contributed by atoms with Crippen molar-refractivity contribution in [1.29, 1.82) is 0 Å². The summed E-state index contributed by atoms with van der Waals surface area (Å²) in [6.07, 6.45) is 2.85. The second-order valence-electron chi connectivity index (χ2n) is 14.6. The predicted molar refractivity (Wildman–Crippen MR) is 202 cm³/mol. The Morgan fingerprint density at radius 2 is 1.89 bits per heavy atom. The predicted octanol–water partition coefficient (Wildman–Crippen LogP) is 4.48. The quantitative estimate of drug-likeness (QED) is 0.157. The number of amides is 1. The van der Waals surface area contributed by atoms with E-state index in [9.17, 15) is 18.3 Å². The van der Waals surface area contributed by atoms with Crippen LogP contribution in [0.25, 0.3) is 10.2 Å². The Morgan fingerprint density at radius 3 is 2.68 bits per heavy atom. The summed E-state index contributed by atoms with van der Waals surface area (Å²) in [6.45, 7) is 7.32. The highest BCUT2D eigenvalue weighted by Gasteiger charge is 2.44. The molecule has 0 bridgehead atoms. The number of carbonyl (C=O) groups excluding carboxylic acids is 1. The lowest BCUT2D eigenvalue weighted by atomic mass is 10.0. The molecule has 2 aromatic heterocycles. The molecule has 15 heteroatoms. The first-order valence-electron chi connectivity index (χ1n) is 18.3. The molecule has 0 aliphatic carbocycles. The monoisotopic (exact) mass is 764 g/mol. The minimum absolute atomic E-state index is 0.0288. The summed E-state index contributed by atoms with van der Waals surface area (Å²) < 4.78 is 47.6. The maximum Gasteiger partial charge on any atom is 0.407 e. The third-order valence-corrected chi connectivity index (χ3v) is 12.8. The molecule has 53 heavy (non-hydrogen) atoms. The molecular weight excluding hydrogens is 717 g/mol. The van der Waals surface area contributed by atoms with Crippen molar-refractivity contribution in [3.05, 3.63) is 84.2 Å². The van der Waals surface area contributed by atoms with Crippen LogP contribution >= 0.6 is 11.3 Å². The van der Waals surface area contributed by atoms with Gasteiger partial charge >= 0.3 is 6.09 Å². The molecule has 3 aliphatic heterocycles. The molecule has 0 radical (unpaired) electrons. The lowest BCUT2D eigenvalue weighted by Gasteiger charge is -2.31. The number of benzene rings is 2. The van der Waals surface area contributed by atoms with Gasteiger partial charge in [0.25, 0.3) is 0 Å². The smallest absolute Gasteiger partial charge is 0.407 e. The molecule has 3 saturated heterocycles. The van der Waals surface area contributed by atoms with Crippen molar-refractivity contribution in [2.45, 2.75) is 75.1 Å². The molecule has 4 aromatic rings. The molecule has 0 unspecified atom stereocenters. The maximum absolute atomic E-state index is 14.3. The van der Waals surface area contributed by atoms with Crippen molar-refractivity contribution in [3.8, 4) is 0 Å². The fourth-order valence-corrected chi connectivity index (χ4v) is 10.0. The Kier molecular flexibility index (Phi) is 11.9. The number of anilines is 1. The number of aliphatic hydroxyl groups excluding tert-OH is 1. The Labute approximate surface area is 314 Å². The van der Waals surface area contributed by atoms with Crippen LogP contribution in [0.1, 0.15) is 37.8 Å². The van der Waals surface area contributed by atoms with Crippen LogP contribution in [0.3, 0.4) is 0 Å². The third kappa shape index (κ3) is 9.34. The molecule has 284 valence electrons. The number of ether oxygens (including phenoxy) is 3. The number of aromatic nitrogens is 2. The van der Waals surface area contributed by atoms with Crippen LogP contribution in [0.5, 0.6) is 0 Å². The highest BCUT2D eigenvalue weighted by atomic mass is 32.2. The fourth-order valence-electron chi connectivity index (χ4n) is 7.33. The molecule has 2 aromatic carbocycles. The van der Waals surface area contributed by atoms with Crippen molar-refractivity contribution in [1.82, 2.24) is 24.5 Å². The van der Waals surface area contributed by atoms with Gasteiger partial charge in [-0.3, -0.25) is 9.88 Å². The number of nitrogens with one attached hydrogen (secondary N) is 2. The number of hydrogen-bond donors (Lipinski definition) is 3. The average molecular weight is 765 g/mol. The maximum atomic E-state index is 14.3. The van der Waals surface area contributed by atoms with Gasteiger partial charge < -0.3 is 30.0 Å². The molecule has 3 fully saturated rings. The normalized spacial score (nSPS) is 23.0. The van der Waals surface area contributed by atoms with Crippen molar-refractivity contribution in [2.75, 3.05) is 44.7 Å². The Hall–Kier alpha value is -3.70. The van der Waals surface area contributed by atoms with Crippen molar-refractivity contribution in [3.63, 3.8) is 0 Å². The van der Waals surface area contributed by atoms with Crippen LogP contribution in [0, 0.1) is 11.8 Å². The van der Waals surface area contributed by atoms with E-state index in [4.69, 9.17) is 19.2 Å². The van der Waals surface area contributed by atoms with Gasteiger partial charge in [-0.1, -0.05) is 55.5 Å². The largest absolute Gasteiger partial charge is 0.443 e. The molecule has 0 spiro atoms. The number of carbonyl (C=O) groups is 1. The minimum atomic E-state index is -4.05. The van der Waals surface area contributed by atoms with Crippen LogP contribution in [-0.4, -0.2) is 109 Å². The third-order valence-electron chi connectivity index (χ3n) is 10.0. The van der Waals surface area contributed by atoms with Gasteiger partial charge in [0.1, 0.15) is 6.10 Å². The summed E-state index contributed by atoms with van der Waals surface area (Å²) in [6, 6.07) is 17.9. The molecule has 1 amide bonds. The summed E-state index contributed by atoms with van der Waals surface area (Å²) in [5, 5.41) is 18.9. The number of thiazole rings is 1. The van der Waals surface area contributed by atoms with Gasteiger partial charge in [-0.25, -0.2) is 18.2 Å². The zero-order chi connectivity index (χ0) is 37.0. The number of aliphatic hydroxyl groups is 1. The van der Waals surface area contributed by atoms with E-state index in [0.29, 0.717) is 12.1 Å². The lowest BCUT2D eigenvalue weighted by Crippen LogP contribution is -2.51. The molecule has 6 atom stereocenters. The number of pyridine rings is 1. The highest BCUT2D eigenvalue weighted by Crippen LogP contribution is 2.34. The number of sulfonamides is 1. The molecule has 3 aliphatic rings. The highest BCUT2D eigenvalue weighted by molar-refractivity contribution is 7.89. The molecule has 5 heterocycles. The summed E-state index contributed by atoms with van der Waals surface area (Å²) >= 11 is 1.43. The molecule has 0 saturated carbocycles. The Bertz CT molecular complexity index is 1930. The van der Waals surface area contributed by atoms with Gasteiger partial charge in [-0.05, 0) is 66.6 Å². The van der Waals surface area contributed by atoms with Gasteiger partial charge in [0.05, 0.1) is 46.4 Å². The molecular formula is C38H48N6O7S2. The fraction of sp³-hybridized carbons (Fsp3) is 0.500. The average Bonchev–Trinajstić information content (AvgIpc) is 3.95. The summed E-state index contributed by atoms with van der Waals surface area (Å²) in [4.78, 5) is 24.6. The van der Waals surface area contributed by atoms with Crippen LogP contribution in [0.4, 0.5) is 9.93 Å². The first-order valence-corrected chi connectivity index (χ1v) is 20.6. The zero-order valence-electron chi connectivity index (χ0n) is 30.0. The SMILES string of the molecule is CC(C)CN(C[C@@H](O)[C@H](Cc1ccccc1)NC(=O)O[C@H]1CO[C@H]2OCC[C@H]21)S(=O)(=O)c1ccc2nc(N[C@H]3CCN(Cc4ccncc4)C3)sc2c1. The number of rotatable bonds is 15. The van der Waals surface area contributed by atoms with E-state index in [2.05, 4.69) is 20.5 Å². The van der Waals surface area contributed by atoms with Crippen LogP contribution in [-0.2, 0) is 37.2 Å². The zero-order valence-corrected chi connectivity index (χ0v) is 31.7. The molecule has 3 N–H and O–H groups in total. The summed E-state index contributed by atoms with van der Waals surface area (Å²) in [5.41, 5.74) is 2.82. The second kappa shape index (κ2) is 16.8. The van der Waals surface area contributed by atoms with Crippen LogP contribution < -0.4 is 10.6 Å². The van der Waals surface area contributed by atoms with Crippen LogP contribution in [0.15, 0.2) is 78.0 Å².